The van der Waals surface area contributed by atoms with Gasteiger partial charge in [-0.2, -0.15) is 13.2 Å². The summed E-state index contributed by atoms with van der Waals surface area (Å²) in [4.78, 5) is 15.0. The van der Waals surface area contributed by atoms with Crippen LogP contribution < -0.4 is 5.73 Å². The van der Waals surface area contributed by atoms with Gasteiger partial charge in [-0.3, -0.25) is 4.79 Å². The van der Waals surface area contributed by atoms with Gasteiger partial charge in [0.1, 0.15) is 12.4 Å². The van der Waals surface area contributed by atoms with Gasteiger partial charge < -0.3 is 10.3 Å². The van der Waals surface area contributed by atoms with E-state index in [1.807, 2.05) is 6.07 Å². The number of primary amides is 1. The van der Waals surface area contributed by atoms with Crippen LogP contribution in [0.25, 0.3) is 0 Å². The number of aromatic nitrogens is 2. The van der Waals surface area contributed by atoms with Gasteiger partial charge in [0, 0.05) is 23.7 Å². The van der Waals surface area contributed by atoms with E-state index in [0.29, 0.717) is 22.9 Å². The second-order valence-corrected chi connectivity index (χ2v) is 5.63. The average Bonchev–Trinajstić information content (AvgIpc) is 2.84. The minimum atomic E-state index is -4.27. The topological polar surface area (TPSA) is 60.9 Å². The van der Waals surface area contributed by atoms with Gasteiger partial charge >= 0.3 is 6.18 Å². The largest absolute Gasteiger partial charge is 0.406 e. The van der Waals surface area contributed by atoms with E-state index < -0.39 is 18.6 Å². The lowest BCUT2D eigenvalue weighted by atomic mass is 10.1. The van der Waals surface area contributed by atoms with Crippen LogP contribution in [-0.4, -0.2) is 21.6 Å². The highest BCUT2D eigenvalue weighted by Gasteiger charge is 2.28. The van der Waals surface area contributed by atoms with E-state index in [0.717, 1.165) is 10.1 Å². The van der Waals surface area contributed by atoms with Gasteiger partial charge in [-0.15, -0.1) is 11.8 Å². The minimum Gasteiger partial charge on any atom is -0.366 e. The predicted molar refractivity (Wildman–Crippen MR) is 78.2 cm³/mol. The zero-order valence-corrected chi connectivity index (χ0v) is 12.3. The fourth-order valence-corrected chi connectivity index (χ4v) is 2.83. The fourth-order valence-electron chi connectivity index (χ4n) is 1.89. The van der Waals surface area contributed by atoms with Gasteiger partial charge in [0.15, 0.2) is 0 Å². The van der Waals surface area contributed by atoms with Crippen molar-refractivity contribution in [3.63, 3.8) is 0 Å². The molecule has 2 rings (SSSR count). The molecule has 0 saturated heterocycles. The lowest BCUT2D eigenvalue weighted by Gasteiger charge is -2.10. The van der Waals surface area contributed by atoms with E-state index in [1.165, 1.54) is 24.2 Å². The van der Waals surface area contributed by atoms with Gasteiger partial charge in [-0.25, -0.2) is 4.98 Å². The molecule has 0 aliphatic rings. The smallest absolute Gasteiger partial charge is 0.366 e. The summed E-state index contributed by atoms with van der Waals surface area (Å²) in [6.07, 6.45) is -1.59. The summed E-state index contributed by atoms with van der Waals surface area (Å²) in [5, 5.41) is 0. The Kier molecular flexibility index (Phi) is 5.12. The number of amides is 1. The second kappa shape index (κ2) is 6.87. The van der Waals surface area contributed by atoms with Crippen LogP contribution in [0, 0.1) is 0 Å². The molecule has 1 aromatic carbocycles. The highest BCUT2D eigenvalue weighted by Crippen LogP contribution is 2.21. The zero-order valence-electron chi connectivity index (χ0n) is 11.5. The lowest BCUT2D eigenvalue weighted by molar-refractivity contribution is -0.140. The average molecular weight is 329 g/mol. The van der Waals surface area contributed by atoms with Crippen LogP contribution in [0.5, 0.6) is 0 Å². The Labute approximate surface area is 129 Å². The molecule has 0 fully saturated rings. The molecule has 22 heavy (non-hydrogen) atoms. The van der Waals surface area contributed by atoms with Crippen molar-refractivity contribution in [2.45, 2.75) is 24.2 Å². The monoisotopic (exact) mass is 329 g/mol. The standard InChI is InChI=1S/C14H14F3N3OS/c15-14(16,17)9-20-5-4-19-12(20)8-22-7-10-2-1-3-11(6-10)13(18)21/h1-6H,7-9H2,(H2,18,21). The minimum absolute atomic E-state index is 0.351. The summed E-state index contributed by atoms with van der Waals surface area (Å²) < 4.78 is 38.3. The molecule has 0 aliphatic heterocycles. The first kappa shape index (κ1) is 16.4. The van der Waals surface area contributed by atoms with Crippen molar-refractivity contribution < 1.29 is 18.0 Å². The highest BCUT2D eigenvalue weighted by atomic mass is 32.2. The number of hydrogen-bond acceptors (Lipinski definition) is 3. The summed E-state index contributed by atoms with van der Waals surface area (Å²) in [6, 6.07) is 6.85. The molecule has 0 radical (unpaired) electrons. The van der Waals surface area contributed by atoms with Gasteiger partial charge in [0.25, 0.3) is 0 Å². The molecule has 0 saturated carbocycles. The molecule has 0 aliphatic carbocycles. The molecule has 1 aromatic heterocycles. The Balaban J connectivity index is 1.93. The third kappa shape index (κ3) is 4.80. The van der Waals surface area contributed by atoms with Crippen LogP contribution in [0.2, 0.25) is 0 Å². The number of nitrogens with two attached hydrogens (primary N) is 1. The number of halogens is 3. The van der Waals surface area contributed by atoms with E-state index >= 15 is 0 Å². The number of carbonyl (C=O) groups excluding carboxylic acids is 1. The number of carbonyl (C=O) groups is 1. The Morgan fingerprint density at radius 3 is 2.77 bits per heavy atom. The molecule has 118 valence electrons. The second-order valence-electron chi connectivity index (χ2n) is 4.64. The Hall–Kier alpha value is -1.96. The highest BCUT2D eigenvalue weighted by molar-refractivity contribution is 7.97. The Bertz CT molecular complexity index is 655. The first-order chi connectivity index (χ1) is 10.3. The third-order valence-electron chi connectivity index (χ3n) is 2.86. The molecule has 0 atom stereocenters. The number of imidazole rings is 1. The van der Waals surface area contributed by atoms with Crippen molar-refractivity contribution in [1.82, 2.24) is 9.55 Å². The van der Waals surface area contributed by atoms with Crippen molar-refractivity contribution >= 4 is 17.7 Å². The van der Waals surface area contributed by atoms with Crippen molar-refractivity contribution in [3.05, 3.63) is 53.6 Å². The quantitative estimate of drug-likeness (QED) is 0.886. The Morgan fingerprint density at radius 2 is 2.09 bits per heavy atom. The maximum Gasteiger partial charge on any atom is 0.406 e. The molecule has 4 nitrogen and oxygen atoms in total. The predicted octanol–water partition coefficient (Wildman–Crippen LogP) is 2.98. The molecule has 8 heteroatoms. The molecule has 0 unspecified atom stereocenters. The van der Waals surface area contributed by atoms with Crippen molar-refractivity contribution in [3.8, 4) is 0 Å². The molecular formula is C14H14F3N3OS. The molecule has 2 aromatic rings. The maximum atomic E-state index is 12.4. The maximum absolute atomic E-state index is 12.4. The van der Waals surface area contributed by atoms with E-state index in [1.54, 1.807) is 18.2 Å². The van der Waals surface area contributed by atoms with E-state index in [2.05, 4.69) is 4.98 Å². The molecule has 0 bridgehead atoms. The van der Waals surface area contributed by atoms with E-state index in [-0.39, 0.29) is 0 Å². The van der Waals surface area contributed by atoms with E-state index in [9.17, 15) is 18.0 Å². The first-order valence-electron chi connectivity index (χ1n) is 6.38. The molecule has 2 N–H and O–H groups in total. The molecular weight excluding hydrogens is 315 g/mol. The summed E-state index contributed by atoms with van der Waals surface area (Å²) in [7, 11) is 0. The van der Waals surface area contributed by atoms with Crippen molar-refractivity contribution in [2.75, 3.05) is 0 Å². The number of thioether (sulfide) groups is 1. The summed E-state index contributed by atoms with van der Waals surface area (Å²) in [5.74, 6) is 0.769. The SMILES string of the molecule is NC(=O)c1cccc(CSCc2nccn2CC(F)(F)F)c1. The van der Waals surface area contributed by atoms with E-state index in [4.69, 9.17) is 5.73 Å². The van der Waals surface area contributed by atoms with Crippen LogP contribution >= 0.6 is 11.8 Å². The van der Waals surface area contributed by atoms with Gasteiger partial charge in [-0.05, 0) is 17.7 Å². The molecule has 0 spiro atoms. The van der Waals surface area contributed by atoms with Crippen LogP contribution in [0.4, 0.5) is 13.2 Å². The van der Waals surface area contributed by atoms with Gasteiger partial charge in [-0.1, -0.05) is 12.1 Å². The number of alkyl halides is 3. The number of nitrogens with zero attached hydrogens (tertiary/aromatic N) is 2. The normalized spacial score (nSPS) is 11.6. The fraction of sp³-hybridized carbons (Fsp3) is 0.286. The van der Waals surface area contributed by atoms with Crippen molar-refractivity contribution in [2.24, 2.45) is 5.73 Å². The van der Waals surface area contributed by atoms with Crippen LogP contribution in [0.3, 0.4) is 0 Å². The number of benzene rings is 1. The van der Waals surface area contributed by atoms with Gasteiger partial charge in [0.2, 0.25) is 5.91 Å². The first-order valence-corrected chi connectivity index (χ1v) is 7.54. The number of hydrogen-bond donors (Lipinski definition) is 1. The van der Waals surface area contributed by atoms with Gasteiger partial charge in [0.05, 0.1) is 5.75 Å². The molecule has 1 amide bonds. The Morgan fingerprint density at radius 1 is 1.32 bits per heavy atom. The van der Waals surface area contributed by atoms with Crippen LogP contribution in [0.15, 0.2) is 36.7 Å². The van der Waals surface area contributed by atoms with Crippen molar-refractivity contribution in [1.29, 1.82) is 0 Å². The summed E-state index contributed by atoms with van der Waals surface area (Å²) in [5.41, 5.74) is 6.50. The molecule has 1 heterocycles. The van der Waals surface area contributed by atoms with Crippen LogP contribution in [-0.2, 0) is 18.1 Å². The van der Waals surface area contributed by atoms with Crippen LogP contribution in [0.1, 0.15) is 21.7 Å². The third-order valence-corrected chi connectivity index (χ3v) is 3.86. The summed E-state index contributed by atoms with van der Waals surface area (Å²) >= 11 is 1.42. The summed E-state index contributed by atoms with van der Waals surface area (Å²) in [6.45, 7) is -1.04. The zero-order chi connectivity index (χ0) is 16.2. The lowest BCUT2D eigenvalue weighted by Crippen LogP contribution is -2.18. The number of rotatable bonds is 6.